The second-order valence-electron chi connectivity index (χ2n) is 5.24. The van der Waals surface area contributed by atoms with Crippen molar-refractivity contribution in [2.45, 2.75) is 18.7 Å². The first kappa shape index (κ1) is 14.6. The lowest BCUT2D eigenvalue weighted by Gasteiger charge is -2.20. The third kappa shape index (κ3) is 2.72. The molecule has 21 heavy (non-hydrogen) atoms. The molecule has 3 rings (SSSR count). The average Bonchev–Trinajstić information content (AvgIpc) is 2.49. The molecule has 108 valence electrons. The quantitative estimate of drug-likeness (QED) is 0.788. The highest BCUT2D eigenvalue weighted by atomic mass is 79.9. The second-order valence-corrected chi connectivity index (χ2v) is 6.53. The van der Waals surface area contributed by atoms with Crippen molar-refractivity contribution in [1.29, 1.82) is 0 Å². The van der Waals surface area contributed by atoms with E-state index >= 15 is 0 Å². The van der Waals surface area contributed by atoms with E-state index in [9.17, 15) is 4.79 Å². The van der Waals surface area contributed by atoms with Gasteiger partial charge in [0, 0.05) is 16.6 Å². The van der Waals surface area contributed by atoms with Gasteiger partial charge in [0.05, 0.1) is 5.38 Å². The highest BCUT2D eigenvalue weighted by Crippen LogP contribution is 2.34. The molecule has 0 saturated carbocycles. The van der Waals surface area contributed by atoms with Crippen LogP contribution in [0, 0.1) is 6.92 Å². The van der Waals surface area contributed by atoms with Gasteiger partial charge in [-0.1, -0.05) is 40.2 Å². The van der Waals surface area contributed by atoms with E-state index in [-0.39, 0.29) is 11.3 Å². The number of carbonyl (C=O) groups excluding carboxylic acids is 1. The molecule has 2 aromatic carbocycles. The molecule has 0 aromatic heterocycles. The lowest BCUT2D eigenvalue weighted by molar-refractivity contribution is 0.0946. The number of nitrogens with one attached hydrogen (secondary N) is 1. The highest BCUT2D eigenvalue weighted by Gasteiger charge is 2.20. The van der Waals surface area contributed by atoms with Crippen LogP contribution in [-0.4, -0.2) is 12.5 Å². The van der Waals surface area contributed by atoms with Gasteiger partial charge in [0.25, 0.3) is 5.91 Å². The zero-order valence-corrected chi connectivity index (χ0v) is 14.0. The van der Waals surface area contributed by atoms with Gasteiger partial charge in [-0.15, -0.1) is 11.6 Å². The van der Waals surface area contributed by atoms with Crippen LogP contribution in [0.1, 0.15) is 38.0 Å². The maximum absolute atomic E-state index is 12.0. The number of amides is 1. The Morgan fingerprint density at radius 1 is 1.29 bits per heavy atom. The summed E-state index contributed by atoms with van der Waals surface area (Å²) in [6.07, 6.45) is 0.879. The van der Waals surface area contributed by atoms with E-state index in [4.69, 9.17) is 11.6 Å². The predicted molar refractivity (Wildman–Crippen MR) is 89.1 cm³/mol. The van der Waals surface area contributed by atoms with Crippen LogP contribution in [0.5, 0.6) is 0 Å². The number of alkyl halides is 1. The van der Waals surface area contributed by atoms with Gasteiger partial charge < -0.3 is 5.32 Å². The Labute approximate surface area is 137 Å². The Balaban J connectivity index is 2.02. The second kappa shape index (κ2) is 5.82. The van der Waals surface area contributed by atoms with Crippen LogP contribution in [0.15, 0.2) is 40.9 Å². The molecule has 0 bridgehead atoms. The average molecular weight is 365 g/mol. The van der Waals surface area contributed by atoms with Crippen LogP contribution in [0.25, 0.3) is 0 Å². The molecular formula is C17H15BrClNO. The Morgan fingerprint density at radius 3 is 2.90 bits per heavy atom. The van der Waals surface area contributed by atoms with Gasteiger partial charge in [0.15, 0.2) is 0 Å². The van der Waals surface area contributed by atoms with Crippen LogP contribution < -0.4 is 5.32 Å². The van der Waals surface area contributed by atoms with Gasteiger partial charge in [-0.05, 0) is 47.7 Å². The van der Waals surface area contributed by atoms with Crippen molar-refractivity contribution in [2.75, 3.05) is 6.54 Å². The molecule has 2 nitrogen and oxygen atoms in total. The van der Waals surface area contributed by atoms with E-state index in [2.05, 4.69) is 21.2 Å². The summed E-state index contributed by atoms with van der Waals surface area (Å²) < 4.78 is 1.04. The summed E-state index contributed by atoms with van der Waals surface area (Å²) in [5.41, 5.74) is 4.98. The van der Waals surface area contributed by atoms with Gasteiger partial charge in [-0.2, -0.15) is 0 Å². The lowest BCUT2D eigenvalue weighted by Crippen LogP contribution is -2.31. The molecule has 1 aliphatic heterocycles. The van der Waals surface area contributed by atoms with Gasteiger partial charge in [0.2, 0.25) is 0 Å². The first-order chi connectivity index (χ1) is 10.1. The first-order valence-corrected chi connectivity index (χ1v) is 8.11. The van der Waals surface area contributed by atoms with Crippen molar-refractivity contribution in [3.8, 4) is 0 Å². The van der Waals surface area contributed by atoms with Crippen molar-refractivity contribution in [1.82, 2.24) is 5.32 Å². The van der Waals surface area contributed by atoms with E-state index in [0.29, 0.717) is 6.54 Å². The van der Waals surface area contributed by atoms with Gasteiger partial charge in [0.1, 0.15) is 0 Å². The molecule has 1 unspecified atom stereocenters. The zero-order chi connectivity index (χ0) is 15.0. The number of benzene rings is 2. The normalized spacial score (nSPS) is 15.3. The largest absolute Gasteiger partial charge is 0.352 e. The van der Waals surface area contributed by atoms with Gasteiger partial charge >= 0.3 is 0 Å². The molecule has 4 heteroatoms. The smallest absolute Gasteiger partial charge is 0.251 e. The van der Waals surface area contributed by atoms with Gasteiger partial charge in [-0.3, -0.25) is 4.79 Å². The molecule has 0 saturated heterocycles. The molecule has 1 amide bonds. The molecule has 1 atom stereocenters. The number of hydrogen-bond donors (Lipinski definition) is 1. The lowest BCUT2D eigenvalue weighted by atomic mass is 9.94. The maximum atomic E-state index is 12.0. The third-order valence-corrected chi connectivity index (χ3v) is 5.28. The van der Waals surface area contributed by atoms with Crippen molar-refractivity contribution < 1.29 is 4.79 Å². The molecule has 1 aliphatic rings. The SMILES string of the molecule is Cc1c(Br)cccc1C(Cl)c1ccc2c(c1)C(=O)NCC2. The summed E-state index contributed by atoms with van der Waals surface area (Å²) in [5, 5.41) is 2.61. The number of hydrogen-bond acceptors (Lipinski definition) is 1. The Bertz CT molecular complexity index is 714. The Kier molecular flexibility index (Phi) is 4.05. The van der Waals surface area contributed by atoms with Crippen LogP contribution in [0.3, 0.4) is 0 Å². The molecule has 0 spiro atoms. The summed E-state index contributed by atoms with van der Waals surface area (Å²) in [5.74, 6) is -0.00655. The van der Waals surface area contributed by atoms with Crippen LogP contribution in [-0.2, 0) is 6.42 Å². The van der Waals surface area contributed by atoms with E-state index in [0.717, 1.165) is 38.7 Å². The number of halogens is 2. The van der Waals surface area contributed by atoms with E-state index in [1.165, 1.54) is 0 Å². The molecular weight excluding hydrogens is 350 g/mol. The first-order valence-electron chi connectivity index (χ1n) is 6.88. The number of fused-ring (bicyclic) bond motifs is 1. The predicted octanol–water partition coefficient (Wildman–Crippen LogP) is 4.37. The van der Waals surface area contributed by atoms with Gasteiger partial charge in [-0.25, -0.2) is 0 Å². The molecule has 1 N–H and O–H groups in total. The van der Waals surface area contributed by atoms with E-state index in [1.54, 1.807) is 0 Å². The summed E-state index contributed by atoms with van der Waals surface area (Å²) >= 11 is 10.2. The Hall–Kier alpha value is -1.32. The minimum Gasteiger partial charge on any atom is -0.352 e. The molecule has 2 aromatic rings. The number of rotatable bonds is 2. The fourth-order valence-corrected chi connectivity index (χ4v) is 3.42. The van der Waals surface area contributed by atoms with Crippen LogP contribution in [0.2, 0.25) is 0 Å². The summed E-state index contributed by atoms with van der Waals surface area (Å²) in [4.78, 5) is 12.0. The zero-order valence-electron chi connectivity index (χ0n) is 11.6. The molecule has 1 heterocycles. The third-order valence-electron chi connectivity index (χ3n) is 3.93. The van der Waals surface area contributed by atoms with E-state index < -0.39 is 0 Å². The highest BCUT2D eigenvalue weighted by molar-refractivity contribution is 9.10. The topological polar surface area (TPSA) is 29.1 Å². The van der Waals surface area contributed by atoms with Crippen LogP contribution in [0.4, 0.5) is 0 Å². The van der Waals surface area contributed by atoms with Crippen LogP contribution >= 0.6 is 27.5 Å². The fraction of sp³-hybridized carbons (Fsp3) is 0.235. The molecule has 0 radical (unpaired) electrons. The maximum Gasteiger partial charge on any atom is 0.251 e. The Morgan fingerprint density at radius 2 is 2.10 bits per heavy atom. The molecule has 0 fully saturated rings. The fourth-order valence-electron chi connectivity index (χ4n) is 2.67. The van der Waals surface area contributed by atoms with E-state index in [1.807, 2.05) is 43.3 Å². The van der Waals surface area contributed by atoms with Crippen molar-refractivity contribution in [2.24, 2.45) is 0 Å². The van der Waals surface area contributed by atoms with Crippen molar-refractivity contribution >= 4 is 33.4 Å². The number of carbonyl (C=O) groups is 1. The standard InChI is InChI=1S/C17H15BrClNO/c1-10-13(3-2-4-15(10)18)16(19)12-6-5-11-7-8-20-17(21)14(11)9-12/h2-6,9,16H,7-8H2,1H3,(H,20,21). The monoisotopic (exact) mass is 363 g/mol. The summed E-state index contributed by atoms with van der Waals surface area (Å²) in [6, 6.07) is 12.0. The van der Waals surface area contributed by atoms with Crippen molar-refractivity contribution in [3.05, 3.63) is 68.7 Å². The molecule has 0 aliphatic carbocycles. The van der Waals surface area contributed by atoms with Crippen molar-refractivity contribution in [3.63, 3.8) is 0 Å². The summed E-state index contributed by atoms with van der Waals surface area (Å²) in [7, 11) is 0. The summed E-state index contributed by atoms with van der Waals surface area (Å²) in [6.45, 7) is 2.75. The minimum atomic E-state index is -0.262. The minimum absolute atomic E-state index is 0.00655.